The van der Waals surface area contributed by atoms with Crippen LogP contribution in [0.5, 0.6) is 5.75 Å². The fraction of sp³-hybridized carbons (Fsp3) is 0.214. The van der Waals surface area contributed by atoms with Gasteiger partial charge < -0.3 is 10.1 Å². The lowest BCUT2D eigenvalue weighted by molar-refractivity contribution is 0.0951. The fourth-order valence-electron chi connectivity index (χ4n) is 4.01. The van der Waals surface area contributed by atoms with E-state index in [1.54, 1.807) is 7.11 Å². The van der Waals surface area contributed by atoms with Crippen molar-refractivity contribution in [3.63, 3.8) is 0 Å². The Balaban J connectivity index is 1.71. The molecule has 0 aliphatic rings. The minimum Gasteiger partial charge on any atom is -0.497 e. The number of hydrogen-bond donors (Lipinski definition) is 1. The highest BCUT2D eigenvalue weighted by atomic mass is 16.5. The normalized spacial score (nSPS) is 10.8. The summed E-state index contributed by atoms with van der Waals surface area (Å²) >= 11 is 0. The van der Waals surface area contributed by atoms with Crippen LogP contribution in [0.4, 0.5) is 0 Å². The van der Waals surface area contributed by atoms with Crippen molar-refractivity contribution in [2.24, 2.45) is 0 Å². The molecule has 4 aromatic rings. The summed E-state index contributed by atoms with van der Waals surface area (Å²) in [7, 11) is 1.64. The number of aryl methyl sites for hydroxylation is 1. The second-order valence-corrected chi connectivity index (χ2v) is 8.04. The second-order valence-electron chi connectivity index (χ2n) is 8.04. The van der Waals surface area contributed by atoms with E-state index in [2.05, 4.69) is 24.4 Å². The van der Waals surface area contributed by atoms with E-state index in [0.717, 1.165) is 41.1 Å². The molecule has 0 saturated heterocycles. The molecule has 0 aliphatic heterocycles. The van der Waals surface area contributed by atoms with Gasteiger partial charge in [-0.1, -0.05) is 67.9 Å². The monoisotopic (exact) mass is 439 g/mol. The summed E-state index contributed by atoms with van der Waals surface area (Å²) in [5.74, 6) is 0.618. The van der Waals surface area contributed by atoms with Crippen molar-refractivity contribution in [1.82, 2.24) is 15.1 Å². The third-order valence-electron chi connectivity index (χ3n) is 5.67. The topological polar surface area (TPSA) is 56.2 Å². The third-order valence-corrected chi connectivity index (χ3v) is 5.67. The predicted octanol–water partition coefficient (Wildman–Crippen LogP) is 5.74. The number of benzene rings is 3. The van der Waals surface area contributed by atoms with Crippen molar-refractivity contribution in [3.8, 4) is 22.7 Å². The highest BCUT2D eigenvalue weighted by molar-refractivity contribution is 6.01. The fourth-order valence-corrected chi connectivity index (χ4v) is 4.01. The number of nitrogens with one attached hydrogen (secondary N) is 1. The van der Waals surface area contributed by atoms with E-state index < -0.39 is 0 Å². The summed E-state index contributed by atoms with van der Waals surface area (Å²) in [6.45, 7) is 4.53. The van der Waals surface area contributed by atoms with Gasteiger partial charge in [0.2, 0.25) is 0 Å². The zero-order valence-electron chi connectivity index (χ0n) is 19.3. The Kier molecular flexibility index (Phi) is 6.89. The molecule has 168 valence electrons. The van der Waals surface area contributed by atoms with Crippen LogP contribution < -0.4 is 10.1 Å². The van der Waals surface area contributed by atoms with Gasteiger partial charge in [0.05, 0.1) is 24.1 Å². The Morgan fingerprint density at radius 2 is 1.73 bits per heavy atom. The summed E-state index contributed by atoms with van der Waals surface area (Å²) in [5.41, 5.74) is 6.18. The van der Waals surface area contributed by atoms with Crippen LogP contribution in [-0.2, 0) is 13.0 Å². The number of carbonyl (C=O) groups is 1. The van der Waals surface area contributed by atoms with Gasteiger partial charge in [0, 0.05) is 12.1 Å². The first-order chi connectivity index (χ1) is 16.1. The summed E-state index contributed by atoms with van der Waals surface area (Å²) in [4.78, 5) is 13.4. The maximum Gasteiger partial charge on any atom is 0.255 e. The quantitative estimate of drug-likeness (QED) is 0.381. The number of nitrogens with zero attached hydrogens (tertiary/aromatic N) is 2. The minimum atomic E-state index is -0.148. The number of amides is 1. The first-order valence-corrected chi connectivity index (χ1v) is 11.3. The van der Waals surface area contributed by atoms with Gasteiger partial charge in [-0.2, -0.15) is 5.10 Å². The zero-order valence-corrected chi connectivity index (χ0v) is 19.3. The van der Waals surface area contributed by atoms with Gasteiger partial charge in [0.1, 0.15) is 11.4 Å². The Morgan fingerprint density at radius 3 is 2.48 bits per heavy atom. The first-order valence-electron chi connectivity index (χ1n) is 11.3. The highest BCUT2D eigenvalue weighted by Crippen LogP contribution is 2.28. The van der Waals surface area contributed by atoms with E-state index in [9.17, 15) is 4.79 Å². The van der Waals surface area contributed by atoms with Crippen LogP contribution in [0.25, 0.3) is 16.9 Å². The lowest BCUT2D eigenvalue weighted by atomic mass is 10.1. The molecule has 0 radical (unpaired) electrons. The molecule has 33 heavy (non-hydrogen) atoms. The van der Waals surface area contributed by atoms with E-state index in [1.165, 1.54) is 5.56 Å². The predicted molar refractivity (Wildman–Crippen MR) is 132 cm³/mol. The van der Waals surface area contributed by atoms with Crippen LogP contribution in [0.1, 0.15) is 40.5 Å². The summed E-state index contributed by atoms with van der Waals surface area (Å²) in [5, 5.41) is 7.96. The van der Waals surface area contributed by atoms with Crippen LogP contribution in [0.3, 0.4) is 0 Å². The highest BCUT2D eigenvalue weighted by Gasteiger charge is 2.23. The van der Waals surface area contributed by atoms with Gasteiger partial charge in [-0.05, 0) is 48.7 Å². The standard InChI is InChI=1S/C28H29N3O2/c1-4-10-21-11-8-15-24(17-21)31-20(2)26(27(30-31)23-13-6-5-7-14-23)28(32)29-19-22-12-9-16-25(18-22)33-3/h5-9,11-18H,4,10,19H2,1-3H3,(H,29,32). The Labute approximate surface area is 195 Å². The number of ether oxygens (including phenoxy) is 1. The second kappa shape index (κ2) is 10.2. The average Bonchev–Trinajstić information content (AvgIpc) is 3.21. The minimum absolute atomic E-state index is 0.148. The number of carbonyl (C=O) groups excluding carboxylic acids is 1. The Hall–Kier alpha value is -3.86. The molecule has 0 unspecified atom stereocenters. The van der Waals surface area contributed by atoms with Crippen molar-refractivity contribution in [3.05, 3.63) is 101 Å². The van der Waals surface area contributed by atoms with Crippen molar-refractivity contribution in [2.45, 2.75) is 33.2 Å². The van der Waals surface area contributed by atoms with E-state index in [4.69, 9.17) is 9.84 Å². The SMILES string of the molecule is CCCc1cccc(-n2nc(-c3ccccc3)c(C(=O)NCc3cccc(OC)c3)c2C)c1. The molecular weight excluding hydrogens is 410 g/mol. The molecule has 1 N–H and O–H groups in total. The van der Waals surface area contributed by atoms with Gasteiger partial charge in [-0.25, -0.2) is 4.68 Å². The van der Waals surface area contributed by atoms with Crippen LogP contribution in [0.15, 0.2) is 78.9 Å². The number of methoxy groups -OCH3 is 1. The number of rotatable bonds is 8. The van der Waals surface area contributed by atoms with Crippen LogP contribution >= 0.6 is 0 Å². The first kappa shape index (κ1) is 22.3. The van der Waals surface area contributed by atoms with Gasteiger partial charge in [-0.3, -0.25) is 4.79 Å². The lowest BCUT2D eigenvalue weighted by Gasteiger charge is -2.09. The molecule has 1 heterocycles. The van der Waals surface area contributed by atoms with Crippen molar-refractivity contribution < 1.29 is 9.53 Å². The lowest BCUT2D eigenvalue weighted by Crippen LogP contribution is -2.24. The number of hydrogen-bond acceptors (Lipinski definition) is 3. The molecule has 0 fully saturated rings. The van der Waals surface area contributed by atoms with E-state index in [0.29, 0.717) is 17.8 Å². The van der Waals surface area contributed by atoms with E-state index in [1.807, 2.05) is 78.3 Å². The van der Waals surface area contributed by atoms with Crippen LogP contribution in [0.2, 0.25) is 0 Å². The molecule has 4 rings (SSSR count). The molecule has 0 spiro atoms. The van der Waals surface area contributed by atoms with Gasteiger partial charge in [0.15, 0.2) is 0 Å². The summed E-state index contributed by atoms with van der Waals surface area (Å²) in [6.07, 6.45) is 2.09. The van der Waals surface area contributed by atoms with E-state index in [-0.39, 0.29) is 5.91 Å². The molecule has 5 heteroatoms. The molecular formula is C28H29N3O2. The average molecular weight is 440 g/mol. The molecule has 0 atom stereocenters. The molecule has 0 aliphatic carbocycles. The van der Waals surface area contributed by atoms with Crippen molar-refractivity contribution in [2.75, 3.05) is 7.11 Å². The smallest absolute Gasteiger partial charge is 0.255 e. The molecule has 0 bridgehead atoms. The van der Waals surface area contributed by atoms with Crippen LogP contribution in [-0.4, -0.2) is 22.8 Å². The van der Waals surface area contributed by atoms with Crippen molar-refractivity contribution >= 4 is 5.91 Å². The zero-order chi connectivity index (χ0) is 23.2. The van der Waals surface area contributed by atoms with E-state index >= 15 is 0 Å². The van der Waals surface area contributed by atoms with Gasteiger partial charge in [-0.15, -0.1) is 0 Å². The molecule has 5 nitrogen and oxygen atoms in total. The van der Waals surface area contributed by atoms with Crippen LogP contribution in [0, 0.1) is 6.92 Å². The summed E-state index contributed by atoms with van der Waals surface area (Å²) in [6, 6.07) is 25.9. The maximum atomic E-state index is 13.4. The molecule has 0 saturated carbocycles. The van der Waals surface area contributed by atoms with Crippen molar-refractivity contribution in [1.29, 1.82) is 0 Å². The molecule has 1 aromatic heterocycles. The van der Waals surface area contributed by atoms with Gasteiger partial charge >= 0.3 is 0 Å². The third kappa shape index (κ3) is 4.98. The Bertz CT molecular complexity index is 1250. The Morgan fingerprint density at radius 1 is 0.970 bits per heavy atom. The molecule has 3 aromatic carbocycles. The maximum absolute atomic E-state index is 13.4. The summed E-state index contributed by atoms with van der Waals surface area (Å²) < 4.78 is 7.17. The van der Waals surface area contributed by atoms with Gasteiger partial charge in [0.25, 0.3) is 5.91 Å². The molecule has 1 amide bonds. The number of aromatic nitrogens is 2. The largest absolute Gasteiger partial charge is 0.497 e.